The van der Waals surface area contributed by atoms with E-state index in [1.165, 1.54) is 5.06 Å². The van der Waals surface area contributed by atoms with Crippen LogP contribution in [-0.2, 0) is 0 Å². The molecule has 0 aromatic carbocycles. The monoisotopic (exact) mass is 373 g/mol. The second-order valence-corrected chi connectivity index (χ2v) is 7.22. The normalized spacial score (nSPS) is 24.7. The van der Waals surface area contributed by atoms with Crippen molar-refractivity contribution >= 4 is 24.0 Å². The molecular formula is C13H30IN2O2+. The van der Waals surface area contributed by atoms with E-state index in [9.17, 15) is 5.21 Å². The van der Waals surface area contributed by atoms with Gasteiger partial charge in [-0.1, -0.05) is 0 Å². The molecular weight excluding hydrogens is 343 g/mol. The Morgan fingerprint density at radius 3 is 1.83 bits per heavy atom. The van der Waals surface area contributed by atoms with Crippen molar-refractivity contribution in [1.29, 1.82) is 0 Å². The van der Waals surface area contributed by atoms with E-state index in [4.69, 9.17) is 5.11 Å². The highest BCUT2D eigenvalue weighted by Crippen LogP contribution is 2.39. The SMILES string of the molecule is CC1(C)CC([N+](C)(C)CCO)CC(C)(C)N1O.I. The fourth-order valence-electron chi connectivity index (χ4n) is 3.15. The second-order valence-electron chi connectivity index (χ2n) is 7.22. The molecule has 0 atom stereocenters. The average Bonchev–Trinajstić information content (AvgIpc) is 2.13. The van der Waals surface area contributed by atoms with Crippen LogP contribution in [0, 0.1) is 0 Å². The Labute approximate surface area is 129 Å². The molecule has 4 nitrogen and oxygen atoms in total. The zero-order chi connectivity index (χ0) is 13.5. The topological polar surface area (TPSA) is 43.7 Å². The summed E-state index contributed by atoms with van der Waals surface area (Å²) in [7, 11) is 4.33. The first-order chi connectivity index (χ1) is 7.53. The molecule has 0 unspecified atom stereocenters. The van der Waals surface area contributed by atoms with Gasteiger partial charge >= 0.3 is 0 Å². The van der Waals surface area contributed by atoms with Gasteiger partial charge in [-0.05, 0) is 27.7 Å². The summed E-state index contributed by atoms with van der Waals surface area (Å²) in [4.78, 5) is 0. The Bertz CT molecular complexity index is 262. The van der Waals surface area contributed by atoms with Gasteiger partial charge in [-0.25, -0.2) is 0 Å². The summed E-state index contributed by atoms with van der Waals surface area (Å²) >= 11 is 0. The van der Waals surface area contributed by atoms with Crippen LogP contribution in [0.4, 0.5) is 0 Å². The molecule has 1 aliphatic rings. The number of likely N-dealkylation sites (N-methyl/N-ethyl adjacent to an activating group) is 1. The molecule has 0 bridgehead atoms. The summed E-state index contributed by atoms with van der Waals surface area (Å²) < 4.78 is 0.817. The van der Waals surface area contributed by atoms with Crippen LogP contribution in [0.1, 0.15) is 40.5 Å². The lowest BCUT2D eigenvalue weighted by atomic mass is 9.77. The van der Waals surface area contributed by atoms with Crippen molar-refractivity contribution in [2.75, 3.05) is 27.2 Å². The minimum Gasteiger partial charge on any atom is -0.391 e. The Balaban J connectivity index is 0.00000289. The van der Waals surface area contributed by atoms with Gasteiger partial charge in [0, 0.05) is 23.9 Å². The molecule has 1 rings (SSSR count). The van der Waals surface area contributed by atoms with Gasteiger partial charge in [-0.2, -0.15) is 5.06 Å². The number of nitrogens with zero attached hydrogens (tertiary/aromatic N) is 2. The molecule has 18 heavy (non-hydrogen) atoms. The molecule has 5 heteroatoms. The Morgan fingerprint density at radius 2 is 1.50 bits per heavy atom. The minimum absolute atomic E-state index is 0. The third-order valence-electron chi connectivity index (χ3n) is 4.28. The van der Waals surface area contributed by atoms with E-state index in [2.05, 4.69) is 41.8 Å². The molecule has 0 aromatic heterocycles. The Morgan fingerprint density at radius 1 is 1.11 bits per heavy atom. The van der Waals surface area contributed by atoms with Gasteiger partial charge in [-0.3, -0.25) is 0 Å². The minimum atomic E-state index is -0.211. The number of hydrogen-bond acceptors (Lipinski definition) is 3. The third-order valence-corrected chi connectivity index (χ3v) is 4.28. The zero-order valence-electron chi connectivity index (χ0n) is 12.6. The van der Waals surface area contributed by atoms with E-state index in [1.807, 2.05) is 0 Å². The zero-order valence-corrected chi connectivity index (χ0v) is 14.9. The molecule has 1 fully saturated rings. The molecule has 1 saturated heterocycles. The number of rotatable bonds is 3. The van der Waals surface area contributed by atoms with Gasteiger partial charge in [0.1, 0.15) is 6.54 Å². The second kappa shape index (κ2) is 5.91. The van der Waals surface area contributed by atoms with Crippen LogP contribution in [0.15, 0.2) is 0 Å². The quantitative estimate of drug-likeness (QED) is 0.588. The first-order valence-electron chi connectivity index (χ1n) is 6.46. The summed E-state index contributed by atoms with van der Waals surface area (Å²) in [5, 5.41) is 20.9. The van der Waals surface area contributed by atoms with Gasteiger partial charge in [0.15, 0.2) is 0 Å². The number of aliphatic hydroxyl groups is 1. The van der Waals surface area contributed by atoms with Gasteiger partial charge < -0.3 is 14.8 Å². The van der Waals surface area contributed by atoms with E-state index in [-0.39, 0.29) is 41.7 Å². The van der Waals surface area contributed by atoms with Gasteiger partial charge in [0.05, 0.1) is 26.7 Å². The first kappa shape index (κ1) is 18.6. The average molecular weight is 373 g/mol. The number of quaternary nitrogens is 1. The number of hydroxylamine groups is 2. The largest absolute Gasteiger partial charge is 0.391 e. The fourth-order valence-corrected chi connectivity index (χ4v) is 3.15. The maximum absolute atomic E-state index is 10.3. The van der Waals surface area contributed by atoms with Gasteiger partial charge in [-0.15, -0.1) is 24.0 Å². The lowest BCUT2D eigenvalue weighted by Gasteiger charge is -2.54. The van der Waals surface area contributed by atoms with Crippen LogP contribution in [0.2, 0.25) is 0 Å². The Kier molecular flexibility index (Phi) is 6.10. The van der Waals surface area contributed by atoms with E-state index in [0.29, 0.717) is 6.04 Å². The molecule has 0 saturated carbocycles. The van der Waals surface area contributed by atoms with Crippen LogP contribution in [0.5, 0.6) is 0 Å². The molecule has 0 spiro atoms. The van der Waals surface area contributed by atoms with E-state index >= 15 is 0 Å². The van der Waals surface area contributed by atoms with Crippen molar-refractivity contribution in [2.24, 2.45) is 0 Å². The predicted molar refractivity (Wildman–Crippen MR) is 84.3 cm³/mol. The number of hydrogen-bond donors (Lipinski definition) is 2. The van der Waals surface area contributed by atoms with Crippen molar-refractivity contribution in [1.82, 2.24) is 5.06 Å². The molecule has 0 aliphatic carbocycles. The van der Waals surface area contributed by atoms with Crippen LogP contribution in [-0.4, -0.2) is 64.2 Å². The molecule has 0 aromatic rings. The first-order valence-corrected chi connectivity index (χ1v) is 6.46. The van der Waals surface area contributed by atoms with Gasteiger partial charge in [0.2, 0.25) is 0 Å². The van der Waals surface area contributed by atoms with Crippen molar-refractivity contribution < 1.29 is 14.8 Å². The number of halogens is 1. The van der Waals surface area contributed by atoms with E-state index in [0.717, 1.165) is 23.9 Å². The molecule has 110 valence electrons. The lowest BCUT2D eigenvalue weighted by molar-refractivity contribution is -0.918. The van der Waals surface area contributed by atoms with Crippen LogP contribution < -0.4 is 0 Å². The molecule has 1 aliphatic heterocycles. The van der Waals surface area contributed by atoms with E-state index in [1.54, 1.807) is 0 Å². The maximum atomic E-state index is 10.3. The molecule has 0 amide bonds. The van der Waals surface area contributed by atoms with Crippen LogP contribution in [0.3, 0.4) is 0 Å². The van der Waals surface area contributed by atoms with Crippen molar-refractivity contribution in [3.63, 3.8) is 0 Å². The van der Waals surface area contributed by atoms with Crippen LogP contribution >= 0.6 is 24.0 Å². The third kappa shape index (κ3) is 3.79. The smallest absolute Gasteiger partial charge is 0.102 e. The molecule has 1 heterocycles. The summed E-state index contributed by atoms with van der Waals surface area (Å²) in [6, 6.07) is 0.468. The van der Waals surface area contributed by atoms with Crippen molar-refractivity contribution in [3.8, 4) is 0 Å². The van der Waals surface area contributed by atoms with Crippen LogP contribution in [0.25, 0.3) is 0 Å². The highest BCUT2D eigenvalue weighted by Gasteiger charge is 2.49. The predicted octanol–water partition coefficient (Wildman–Crippen LogP) is 2.08. The standard InChI is InChI=1S/C13H29N2O2.HI/c1-12(2)9-11(15(5,6)7-8-16)10-13(3,4)14(12)17;/h11,16-17H,7-10H2,1-6H3;1H/q+1;. The van der Waals surface area contributed by atoms with Gasteiger partial charge in [0.25, 0.3) is 0 Å². The van der Waals surface area contributed by atoms with Crippen molar-refractivity contribution in [2.45, 2.75) is 57.7 Å². The number of aliphatic hydroxyl groups excluding tert-OH is 1. The fraction of sp³-hybridized carbons (Fsp3) is 1.00. The highest BCUT2D eigenvalue weighted by atomic mass is 127. The summed E-state index contributed by atoms with van der Waals surface area (Å²) in [6.45, 7) is 9.31. The lowest BCUT2D eigenvalue weighted by Crippen LogP contribution is -2.66. The maximum Gasteiger partial charge on any atom is 0.102 e. The summed E-state index contributed by atoms with van der Waals surface area (Å²) in [6.07, 6.45) is 1.89. The summed E-state index contributed by atoms with van der Waals surface area (Å²) in [5.74, 6) is 0. The molecule has 2 N–H and O–H groups in total. The molecule has 0 radical (unpaired) electrons. The highest BCUT2D eigenvalue weighted by molar-refractivity contribution is 14.0. The summed E-state index contributed by atoms with van der Waals surface area (Å²) in [5.41, 5.74) is -0.422. The Hall–Kier alpha value is 0.570. The number of piperidine rings is 1. The van der Waals surface area contributed by atoms with E-state index < -0.39 is 0 Å². The van der Waals surface area contributed by atoms with Crippen molar-refractivity contribution in [3.05, 3.63) is 0 Å².